The van der Waals surface area contributed by atoms with E-state index in [0.717, 1.165) is 35.0 Å². The Kier molecular flexibility index (Phi) is 8.47. The highest BCUT2D eigenvalue weighted by molar-refractivity contribution is 6.11. The molecular formula is C27H37ClN4O5. The molecule has 0 spiro atoms. The highest BCUT2D eigenvalue weighted by atomic mass is 35.5. The normalized spacial score (nSPS) is 19.9. The molecule has 1 N–H and O–H groups in total. The third kappa shape index (κ3) is 6.04. The zero-order valence-corrected chi connectivity index (χ0v) is 23.1. The smallest absolute Gasteiger partial charge is 0.408 e. The van der Waals surface area contributed by atoms with Crippen molar-refractivity contribution < 1.29 is 23.9 Å². The molecule has 202 valence electrons. The maximum atomic E-state index is 13.5. The molecule has 0 radical (unpaired) electrons. The van der Waals surface area contributed by atoms with Gasteiger partial charge in [0.2, 0.25) is 0 Å². The van der Waals surface area contributed by atoms with Gasteiger partial charge in [-0.1, -0.05) is 18.2 Å². The van der Waals surface area contributed by atoms with Gasteiger partial charge in [0.25, 0.3) is 0 Å². The average Bonchev–Trinajstić information content (AvgIpc) is 3.30. The lowest BCUT2D eigenvalue weighted by Crippen LogP contribution is -2.45. The number of aryl methyl sites for hydroxylation is 1. The maximum Gasteiger partial charge on any atom is 0.408 e. The van der Waals surface area contributed by atoms with Crippen LogP contribution < -0.4 is 5.32 Å². The van der Waals surface area contributed by atoms with Gasteiger partial charge < -0.3 is 29.2 Å². The first-order valence-corrected chi connectivity index (χ1v) is 12.4. The van der Waals surface area contributed by atoms with Crippen LogP contribution in [0.3, 0.4) is 0 Å². The standard InChI is InChI=1S/C27H36N4O5.ClH/c1-17(28-26(34)36-27(3,4)5)25(33)35-16-31-14-13-30(18(31)2)15-19-11-12-22-23(24(19)32)20-9-7-8-10-21(20)29(22)6;/h7-10,13-14,17-19H,11-12,15-16H2,1-6H3,(H,28,34);1H. The van der Waals surface area contributed by atoms with Crippen molar-refractivity contribution in [2.24, 2.45) is 13.0 Å². The number of rotatable bonds is 6. The van der Waals surface area contributed by atoms with Crippen molar-refractivity contribution in [3.8, 4) is 0 Å². The number of nitrogens with one attached hydrogen (secondary N) is 1. The van der Waals surface area contributed by atoms with Gasteiger partial charge in [-0.05, 0) is 53.5 Å². The number of benzene rings is 1. The molecule has 0 fully saturated rings. The second-order valence-corrected chi connectivity index (χ2v) is 10.6. The SMILES string of the molecule is CC(NC(=O)OC(C)(C)C)C(=O)OCN1C=CN(CC2CCc3c(c4ccccc4n3C)C2=O)C1C.Cl. The first-order chi connectivity index (χ1) is 17.0. The van der Waals surface area contributed by atoms with E-state index in [2.05, 4.69) is 20.9 Å². The molecule has 0 saturated heterocycles. The third-order valence-electron chi connectivity index (χ3n) is 6.86. The predicted octanol–water partition coefficient (Wildman–Crippen LogP) is 4.19. The van der Waals surface area contributed by atoms with E-state index in [1.54, 1.807) is 27.7 Å². The lowest BCUT2D eigenvalue weighted by Gasteiger charge is -2.33. The minimum atomic E-state index is -0.840. The quantitative estimate of drug-likeness (QED) is 0.557. The number of aromatic nitrogens is 1. The molecule has 10 heteroatoms. The highest BCUT2D eigenvalue weighted by Crippen LogP contribution is 2.34. The molecule has 1 aromatic heterocycles. The van der Waals surface area contributed by atoms with Crippen LogP contribution in [0.1, 0.15) is 57.1 Å². The zero-order valence-electron chi connectivity index (χ0n) is 22.3. The van der Waals surface area contributed by atoms with Crippen molar-refractivity contribution in [2.75, 3.05) is 13.3 Å². The van der Waals surface area contributed by atoms with Gasteiger partial charge in [0, 0.05) is 54.1 Å². The van der Waals surface area contributed by atoms with Crippen LogP contribution in [-0.4, -0.2) is 63.3 Å². The summed E-state index contributed by atoms with van der Waals surface area (Å²) in [6.07, 6.45) is 4.73. The topological polar surface area (TPSA) is 93.1 Å². The molecule has 4 rings (SSSR count). The fourth-order valence-electron chi connectivity index (χ4n) is 4.87. The summed E-state index contributed by atoms with van der Waals surface area (Å²) in [5.41, 5.74) is 2.42. The van der Waals surface area contributed by atoms with Gasteiger partial charge >= 0.3 is 12.1 Å². The Morgan fingerprint density at radius 2 is 1.84 bits per heavy atom. The van der Waals surface area contributed by atoms with Gasteiger partial charge in [0.15, 0.2) is 12.5 Å². The molecule has 1 aromatic carbocycles. The molecule has 1 aliphatic heterocycles. The summed E-state index contributed by atoms with van der Waals surface area (Å²) < 4.78 is 12.7. The number of fused-ring (bicyclic) bond motifs is 3. The number of ketones is 1. The van der Waals surface area contributed by atoms with E-state index >= 15 is 0 Å². The zero-order chi connectivity index (χ0) is 26.2. The van der Waals surface area contributed by atoms with Crippen LogP contribution in [0.4, 0.5) is 4.79 Å². The molecule has 1 aliphatic carbocycles. The lowest BCUT2D eigenvalue weighted by molar-refractivity contribution is -0.150. The van der Waals surface area contributed by atoms with Gasteiger partial charge in [-0.2, -0.15) is 0 Å². The molecule has 37 heavy (non-hydrogen) atoms. The van der Waals surface area contributed by atoms with Gasteiger partial charge in [-0.15, -0.1) is 12.4 Å². The number of carbonyl (C=O) groups excluding carboxylic acids is 3. The minimum Gasteiger partial charge on any atom is -0.444 e. The third-order valence-corrected chi connectivity index (χ3v) is 6.86. The Balaban J connectivity index is 0.00000380. The molecule has 9 nitrogen and oxygen atoms in total. The minimum absolute atomic E-state index is 0. The number of para-hydroxylation sites is 1. The van der Waals surface area contributed by atoms with Gasteiger partial charge in [-0.25, -0.2) is 9.59 Å². The van der Waals surface area contributed by atoms with Crippen LogP contribution in [0, 0.1) is 5.92 Å². The molecule has 2 aromatic rings. The predicted molar refractivity (Wildman–Crippen MR) is 143 cm³/mol. The van der Waals surface area contributed by atoms with E-state index in [9.17, 15) is 14.4 Å². The van der Waals surface area contributed by atoms with E-state index in [1.807, 2.05) is 49.5 Å². The van der Waals surface area contributed by atoms with Crippen LogP contribution in [-0.2, 0) is 27.7 Å². The summed E-state index contributed by atoms with van der Waals surface area (Å²) in [4.78, 5) is 41.8. The van der Waals surface area contributed by atoms with Crippen molar-refractivity contribution in [1.82, 2.24) is 19.7 Å². The summed E-state index contributed by atoms with van der Waals surface area (Å²) in [7, 11) is 2.03. The van der Waals surface area contributed by atoms with Crippen LogP contribution in [0.5, 0.6) is 0 Å². The Morgan fingerprint density at radius 3 is 2.54 bits per heavy atom. The monoisotopic (exact) mass is 532 g/mol. The highest BCUT2D eigenvalue weighted by Gasteiger charge is 2.35. The van der Waals surface area contributed by atoms with Crippen LogP contribution >= 0.6 is 12.4 Å². The van der Waals surface area contributed by atoms with Crippen LogP contribution in [0.15, 0.2) is 36.7 Å². The molecule has 2 heterocycles. The Bertz CT molecular complexity index is 1200. The average molecular weight is 533 g/mol. The number of Topliss-reactive ketones (excluding diaryl/α,β-unsaturated/α-hetero) is 1. The second kappa shape index (κ2) is 11.0. The molecule has 2 aliphatic rings. The molecule has 3 atom stereocenters. The molecule has 1 amide bonds. The Labute approximate surface area is 224 Å². The molecule has 3 unspecified atom stereocenters. The largest absolute Gasteiger partial charge is 0.444 e. The fourth-order valence-corrected chi connectivity index (χ4v) is 4.87. The summed E-state index contributed by atoms with van der Waals surface area (Å²) in [5, 5.41) is 3.52. The van der Waals surface area contributed by atoms with E-state index in [1.165, 1.54) is 0 Å². The number of ether oxygens (including phenoxy) is 2. The van der Waals surface area contributed by atoms with E-state index in [-0.39, 0.29) is 37.0 Å². The van der Waals surface area contributed by atoms with Crippen LogP contribution in [0.25, 0.3) is 10.9 Å². The Morgan fingerprint density at radius 1 is 1.16 bits per heavy atom. The number of carbonyl (C=O) groups is 3. The fraction of sp³-hybridized carbons (Fsp3) is 0.519. The van der Waals surface area contributed by atoms with Crippen molar-refractivity contribution in [3.05, 3.63) is 47.9 Å². The summed E-state index contributed by atoms with van der Waals surface area (Å²) >= 11 is 0. The van der Waals surface area contributed by atoms with Crippen molar-refractivity contribution in [1.29, 1.82) is 0 Å². The Hall–Kier alpha value is -3.20. The number of hydrogen-bond donors (Lipinski definition) is 1. The number of nitrogens with zero attached hydrogens (tertiary/aromatic N) is 3. The molecular weight excluding hydrogens is 496 g/mol. The number of alkyl carbamates (subject to hydrolysis) is 1. The lowest BCUT2D eigenvalue weighted by atomic mass is 9.84. The number of halogens is 1. The van der Waals surface area contributed by atoms with E-state index in [0.29, 0.717) is 6.54 Å². The maximum absolute atomic E-state index is 13.5. The summed E-state index contributed by atoms with van der Waals surface area (Å²) in [6.45, 7) is 9.46. The van der Waals surface area contributed by atoms with Gasteiger partial charge in [0.05, 0.1) is 0 Å². The number of esters is 1. The van der Waals surface area contributed by atoms with Crippen molar-refractivity contribution >= 4 is 41.2 Å². The van der Waals surface area contributed by atoms with Gasteiger partial charge in [-0.3, -0.25) is 4.79 Å². The summed E-state index contributed by atoms with van der Waals surface area (Å²) in [6, 6.07) is 7.23. The van der Waals surface area contributed by atoms with Crippen LogP contribution in [0.2, 0.25) is 0 Å². The molecule has 0 bridgehead atoms. The first-order valence-electron chi connectivity index (χ1n) is 12.4. The van der Waals surface area contributed by atoms with Crippen molar-refractivity contribution in [2.45, 2.75) is 65.3 Å². The summed E-state index contributed by atoms with van der Waals surface area (Å²) in [5.74, 6) is -0.456. The van der Waals surface area contributed by atoms with E-state index in [4.69, 9.17) is 9.47 Å². The van der Waals surface area contributed by atoms with Crippen molar-refractivity contribution in [3.63, 3.8) is 0 Å². The number of hydrogen-bond acceptors (Lipinski definition) is 7. The second-order valence-electron chi connectivity index (χ2n) is 10.6. The molecule has 0 saturated carbocycles. The number of amides is 1. The van der Waals surface area contributed by atoms with Gasteiger partial charge in [0.1, 0.15) is 17.8 Å². The first kappa shape index (κ1) is 28.4. The van der Waals surface area contributed by atoms with E-state index < -0.39 is 23.7 Å².